The highest BCUT2D eigenvalue weighted by atomic mass is 32.2. The largest absolute Gasteiger partial charge is 0.481 e. The smallest absolute Gasteiger partial charge is 0.319 e. The summed E-state index contributed by atoms with van der Waals surface area (Å²) in [7, 11) is 0. The molecule has 0 aromatic rings. The van der Waals surface area contributed by atoms with E-state index in [9.17, 15) is 9.59 Å². The van der Waals surface area contributed by atoms with Gasteiger partial charge in [-0.25, -0.2) is 4.79 Å². The number of thioether (sulfide) groups is 1. The molecular weight excluding hydrogens is 228 g/mol. The average Bonchev–Trinajstić information content (AvgIpc) is 2.72. The maximum Gasteiger partial charge on any atom is 0.319 e. The molecule has 2 unspecified atom stereocenters. The molecule has 2 aliphatic rings. The van der Waals surface area contributed by atoms with Crippen molar-refractivity contribution in [2.24, 2.45) is 0 Å². The van der Waals surface area contributed by atoms with E-state index < -0.39 is 5.97 Å². The number of carboxylic acids is 1. The van der Waals surface area contributed by atoms with Crippen LogP contribution in [0, 0.1) is 0 Å². The summed E-state index contributed by atoms with van der Waals surface area (Å²) in [5.41, 5.74) is 0.957. The third-order valence-electron chi connectivity index (χ3n) is 2.75. The number of amides is 2. The van der Waals surface area contributed by atoms with Gasteiger partial charge in [0, 0.05) is 17.4 Å². The second-order valence-electron chi connectivity index (χ2n) is 3.96. The summed E-state index contributed by atoms with van der Waals surface area (Å²) in [5, 5.41) is 16.4. The van der Waals surface area contributed by atoms with Crippen LogP contribution in [0.1, 0.15) is 25.7 Å². The van der Waals surface area contributed by atoms with Crippen molar-refractivity contribution in [1.82, 2.24) is 10.6 Å². The Labute approximate surface area is 97.7 Å². The van der Waals surface area contributed by atoms with Crippen LogP contribution >= 0.6 is 11.8 Å². The summed E-state index contributed by atoms with van der Waals surface area (Å²) >= 11 is 1.71. The van der Waals surface area contributed by atoms with Crippen LogP contribution in [0.2, 0.25) is 0 Å². The van der Waals surface area contributed by atoms with Crippen molar-refractivity contribution in [2.45, 2.75) is 37.0 Å². The highest BCUT2D eigenvalue weighted by Gasteiger charge is 2.36. The van der Waals surface area contributed by atoms with Crippen molar-refractivity contribution in [1.29, 1.82) is 0 Å². The van der Waals surface area contributed by atoms with E-state index in [1.807, 2.05) is 5.41 Å². The van der Waals surface area contributed by atoms with E-state index in [0.29, 0.717) is 11.7 Å². The molecule has 0 radical (unpaired) electrons. The molecule has 0 aliphatic carbocycles. The van der Waals surface area contributed by atoms with Gasteiger partial charge in [0.25, 0.3) is 0 Å². The molecule has 1 fully saturated rings. The van der Waals surface area contributed by atoms with Gasteiger partial charge in [0.15, 0.2) is 0 Å². The maximum atomic E-state index is 11.1. The number of hydrogen-bond acceptors (Lipinski definition) is 3. The van der Waals surface area contributed by atoms with Crippen LogP contribution in [0.4, 0.5) is 4.79 Å². The van der Waals surface area contributed by atoms with Gasteiger partial charge in [-0.15, -0.1) is 11.8 Å². The lowest BCUT2D eigenvalue weighted by Crippen LogP contribution is -2.33. The van der Waals surface area contributed by atoms with E-state index in [1.165, 1.54) is 0 Å². The summed E-state index contributed by atoms with van der Waals surface area (Å²) < 4.78 is 0. The molecular formula is C10H14N2O3S. The molecule has 88 valence electrons. The summed E-state index contributed by atoms with van der Waals surface area (Å²) in [4.78, 5) is 21.4. The normalized spacial score (nSPS) is 27.0. The Morgan fingerprint density at radius 3 is 3.06 bits per heavy atom. The molecule has 0 bridgehead atoms. The Kier molecular flexibility index (Phi) is 3.38. The van der Waals surface area contributed by atoms with Crippen LogP contribution in [0.25, 0.3) is 0 Å². The van der Waals surface area contributed by atoms with Crippen LogP contribution in [0.5, 0.6) is 0 Å². The van der Waals surface area contributed by atoms with Crippen molar-refractivity contribution in [3.8, 4) is 0 Å². The number of nitrogens with one attached hydrogen (secondary N) is 2. The molecule has 2 amide bonds. The molecule has 0 aromatic heterocycles. The van der Waals surface area contributed by atoms with Crippen LogP contribution in [0.3, 0.4) is 0 Å². The quantitative estimate of drug-likeness (QED) is 0.634. The first-order valence-electron chi connectivity index (χ1n) is 5.31. The van der Waals surface area contributed by atoms with Gasteiger partial charge in [-0.05, 0) is 18.2 Å². The van der Waals surface area contributed by atoms with E-state index in [-0.39, 0.29) is 18.5 Å². The Morgan fingerprint density at radius 2 is 2.31 bits per heavy atom. The number of rotatable bonds is 5. The van der Waals surface area contributed by atoms with Crippen molar-refractivity contribution in [2.75, 3.05) is 0 Å². The highest BCUT2D eigenvalue weighted by molar-refractivity contribution is 8.03. The van der Waals surface area contributed by atoms with Gasteiger partial charge in [-0.1, -0.05) is 6.42 Å². The topological polar surface area (TPSA) is 78.4 Å². The number of carbonyl (C=O) groups is 2. The summed E-state index contributed by atoms with van der Waals surface area (Å²) in [6.45, 7) is 0. The van der Waals surface area contributed by atoms with Gasteiger partial charge in [-0.2, -0.15) is 0 Å². The van der Waals surface area contributed by atoms with Gasteiger partial charge >= 0.3 is 12.0 Å². The van der Waals surface area contributed by atoms with Gasteiger partial charge in [0.1, 0.15) is 0 Å². The van der Waals surface area contributed by atoms with Crippen molar-refractivity contribution >= 4 is 23.8 Å². The number of carbonyl (C=O) groups excluding carboxylic acids is 1. The number of hydrogen-bond donors (Lipinski definition) is 3. The van der Waals surface area contributed by atoms with Gasteiger partial charge < -0.3 is 15.7 Å². The number of urea groups is 1. The van der Waals surface area contributed by atoms with E-state index in [2.05, 4.69) is 10.6 Å². The predicted octanol–water partition coefficient (Wildman–Crippen LogP) is 1.27. The van der Waals surface area contributed by atoms with Crippen molar-refractivity contribution in [3.05, 3.63) is 11.1 Å². The van der Waals surface area contributed by atoms with Crippen LogP contribution in [-0.4, -0.2) is 28.4 Å². The standard InChI is InChI=1S/C10H14N2O3S/c13-8(14)4-2-1-3-7-9-6(5-16-7)11-10(15)12-9/h5,7,9H,1-4H2,(H,13,14)(H2,11,12,15). The minimum Gasteiger partial charge on any atom is -0.481 e. The molecule has 0 spiro atoms. The fourth-order valence-corrected chi connectivity index (χ4v) is 3.16. The first kappa shape index (κ1) is 11.3. The first-order valence-corrected chi connectivity index (χ1v) is 6.26. The Morgan fingerprint density at radius 1 is 1.50 bits per heavy atom. The lowest BCUT2D eigenvalue weighted by Gasteiger charge is -2.15. The highest BCUT2D eigenvalue weighted by Crippen LogP contribution is 2.34. The average molecular weight is 242 g/mol. The first-order chi connectivity index (χ1) is 7.66. The molecule has 3 N–H and O–H groups in total. The van der Waals surface area contributed by atoms with E-state index in [0.717, 1.165) is 18.5 Å². The fraction of sp³-hybridized carbons (Fsp3) is 0.600. The summed E-state index contributed by atoms with van der Waals surface area (Å²) in [5.74, 6) is -0.742. The minimum atomic E-state index is -0.742. The third-order valence-corrected chi connectivity index (χ3v) is 4.00. The van der Waals surface area contributed by atoms with E-state index in [4.69, 9.17) is 5.11 Å². The SMILES string of the molecule is O=C(O)CCCCC1SC=C2NC(=O)NC21. The number of unbranched alkanes of at least 4 members (excludes halogenated alkanes) is 1. The van der Waals surface area contributed by atoms with Gasteiger partial charge in [0.05, 0.1) is 6.04 Å². The fourth-order valence-electron chi connectivity index (χ4n) is 1.96. The second kappa shape index (κ2) is 4.78. The second-order valence-corrected chi connectivity index (χ2v) is 5.08. The Bertz CT molecular complexity index is 343. The van der Waals surface area contributed by atoms with Gasteiger partial charge in [0.2, 0.25) is 0 Å². The predicted molar refractivity (Wildman–Crippen MR) is 61.0 cm³/mol. The lowest BCUT2D eigenvalue weighted by molar-refractivity contribution is -0.137. The monoisotopic (exact) mass is 242 g/mol. The molecule has 1 saturated heterocycles. The maximum absolute atomic E-state index is 11.1. The van der Waals surface area contributed by atoms with E-state index in [1.54, 1.807) is 11.8 Å². The van der Waals surface area contributed by atoms with E-state index >= 15 is 0 Å². The molecule has 5 nitrogen and oxygen atoms in total. The van der Waals surface area contributed by atoms with Crippen LogP contribution in [0.15, 0.2) is 11.1 Å². The zero-order valence-corrected chi connectivity index (χ0v) is 9.55. The molecule has 2 heterocycles. The Hall–Kier alpha value is -1.17. The Balaban J connectivity index is 1.72. The zero-order chi connectivity index (χ0) is 11.5. The van der Waals surface area contributed by atoms with Crippen molar-refractivity contribution < 1.29 is 14.7 Å². The molecule has 0 aromatic carbocycles. The lowest BCUT2D eigenvalue weighted by atomic mass is 10.1. The molecule has 6 heteroatoms. The third kappa shape index (κ3) is 2.49. The van der Waals surface area contributed by atoms with Crippen LogP contribution < -0.4 is 10.6 Å². The summed E-state index contributed by atoms with van der Waals surface area (Å²) in [6, 6.07) is -0.0329. The molecule has 0 saturated carbocycles. The molecule has 2 atom stereocenters. The van der Waals surface area contributed by atoms with Crippen LogP contribution in [-0.2, 0) is 4.79 Å². The number of carboxylic acid groups (broad SMARTS) is 1. The molecule has 16 heavy (non-hydrogen) atoms. The van der Waals surface area contributed by atoms with Gasteiger partial charge in [-0.3, -0.25) is 4.79 Å². The number of aliphatic carboxylic acids is 1. The molecule has 2 aliphatic heterocycles. The zero-order valence-electron chi connectivity index (χ0n) is 8.73. The molecule has 2 rings (SSSR count). The van der Waals surface area contributed by atoms with Crippen molar-refractivity contribution in [3.63, 3.8) is 0 Å². The number of fused-ring (bicyclic) bond motifs is 1. The minimum absolute atomic E-state index is 0.0994. The summed E-state index contributed by atoms with van der Waals surface area (Å²) in [6.07, 6.45) is 2.75.